The number of amides is 2. The molecular weight excluding hydrogens is 407 g/mol. The van der Waals surface area contributed by atoms with Crippen molar-refractivity contribution in [1.82, 2.24) is 9.80 Å². The van der Waals surface area contributed by atoms with Gasteiger partial charge in [-0.3, -0.25) is 9.59 Å². The van der Waals surface area contributed by atoms with E-state index in [0.29, 0.717) is 31.3 Å². The molecule has 2 saturated heterocycles. The molecule has 0 aromatic heterocycles. The summed E-state index contributed by atoms with van der Waals surface area (Å²) in [6, 6.07) is 9.51. The fraction of sp³-hybridized carbons (Fsp3) is 0.391. The van der Waals surface area contributed by atoms with Crippen LogP contribution in [0.15, 0.2) is 42.5 Å². The molecule has 0 radical (unpaired) electrons. The van der Waals surface area contributed by atoms with Gasteiger partial charge < -0.3 is 15.5 Å². The third-order valence-corrected chi connectivity index (χ3v) is 6.18. The molecule has 5 nitrogen and oxygen atoms in total. The number of carbonyl (C=O) groups excluding carboxylic acids is 2. The van der Waals surface area contributed by atoms with Crippen LogP contribution in [0, 0.1) is 23.4 Å². The molecule has 0 aliphatic carbocycles. The topological polar surface area (TPSA) is 66.6 Å². The zero-order chi connectivity index (χ0) is 22.1. The number of hydrogen-bond acceptors (Lipinski definition) is 3. The summed E-state index contributed by atoms with van der Waals surface area (Å²) in [5, 5.41) is 0. The van der Waals surface area contributed by atoms with Crippen molar-refractivity contribution < 1.29 is 22.8 Å². The number of carbonyl (C=O) groups is 2. The van der Waals surface area contributed by atoms with Gasteiger partial charge >= 0.3 is 0 Å². The fourth-order valence-electron chi connectivity index (χ4n) is 4.62. The highest BCUT2D eigenvalue weighted by Gasteiger charge is 2.44. The van der Waals surface area contributed by atoms with Crippen molar-refractivity contribution in [1.29, 1.82) is 0 Å². The highest BCUT2D eigenvalue weighted by Crippen LogP contribution is 2.33. The maximum Gasteiger partial charge on any atom is 0.253 e. The number of nitrogens with zero attached hydrogens (tertiary/aromatic N) is 2. The Hall–Kier alpha value is -2.87. The summed E-state index contributed by atoms with van der Waals surface area (Å²) in [5.41, 5.74) is 6.59. The molecule has 4 rings (SSSR count). The van der Waals surface area contributed by atoms with Crippen LogP contribution in [0.1, 0.15) is 28.8 Å². The number of fused-ring (bicyclic) bond motifs is 1. The first-order chi connectivity index (χ1) is 14.8. The molecule has 2 amide bonds. The molecule has 0 bridgehead atoms. The molecule has 2 aliphatic heterocycles. The molecule has 164 valence electrons. The van der Waals surface area contributed by atoms with Gasteiger partial charge in [-0.1, -0.05) is 18.2 Å². The Bertz CT molecular complexity index is 986. The highest BCUT2D eigenvalue weighted by atomic mass is 19.2. The molecule has 0 unspecified atom stereocenters. The van der Waals surface area contributed by atoms with E-state index in [4.69, 9.17) is 5.73 Å². The molecule has 2 aliphatic rings. The van der Waals surface area contributed by atoms with Crippen LogP contribution in [0.5, 0.6) is 0 Å². The molecule has 2 heterocycles. The van der Waals surface area contributed by atoms with Crippen molar-refractivity contribution >= 4 is 11.8 Å². The lowest BCUT2D eigenvalue weighted by Gasteiger charge is -2.26. The summed E-state index contributed by atoms with van der Waals surface area (Å²) < 4.78 is 40.4. The average Bonchev–Trinajstić information content (AvgIpc) is 3.33. The third-order valence-electron chi connectivity index (χ3n) is 6.18. The predicted octanol–water partition coefficient (Wildman–Crippen LogP) is 2.74. The van der Waals surface area contributed by atoms with Crippen molar-refractivity contribution in [3.63, 3.8) is 0 Å². The van der Waals surface area contributed by atoms with E-state index in [9.17, 15) is 22.8 Å². The highest BCUT2D eigenvalue weighted by molar-refractivity contribution is 5.94. The fourth-order valence-corrected chi connectivity index (χ4v) is 4.62. The monoisotopic (exact) mass is 431 g/mol. The van der Waals surface area contributed by atoms with Gasteiger partial charge in [0.2, 0.25) is 5.91 Å². The molecule has 2 fully saturated rings. The van der Waals surface area contributed by atoms with Gasteiger partial charge in [0, 0.05) is 49.6 Å². The summed E-state index contributed by atoms with van der Waals surface area (Å²) in [6.45, 7) is 1.67. The Balaban J connectivity index is 1.36. The molecular formula is C23H24F3N3O2. The molecule has 2 aromatic carbocycles. The standard InChI is InChI=1S/C23H24F3N3O2/c24-18-11-20(26)19(25)9-16(18)8-17(27)10-22(30)29-7-6-15-12-28(13-21(15)29)23(31)14-4-2-1-3-5-14/h1-5,9,11,15,17,21H,6-8,10,12-13,27H2/t15-,17+,21+/m0/s1. The Kier molecular flexibility index (Phi) is 6.00. The molecule has 8 heteroatoms. The van der Waals surface area contributed by atoms with Crippen molar-refractivity contribution in [3.8, 4) is 0 Å². The van der Waals surface area contributed by atoms with Crippen LogP contribution >= 0.6 is 0 Å². The zero-order valence-corrected chi connectivity index (χ0v) is 16.9. The van der Waals surface area contributed by atoms with Crippen molar-refractivity contribution in [2.24, 2.45) is 11.7 Å². The minimum atomic E-state index is -1.26. The number of likely N-dealkylation sites (tertiary alicyclic amines) is 2. The quantitative estimate of drug-likeness (QED) is 0.741. The van der Waals surface area contributed by atoms with Crippen LogP contribution in [0.25, 0.3) is 0 Å². The molecule has 0 spiro atoms. The SMILES string of the molecule is N[C@@H](CC(=O)N1CC[C@H]2CN(C(=O)c3ccccc3)C[C@H]21)Cc1cc(F)c(F)cc1F. The first-order valence-electron chi connectivity index (χ1n) is 10.4. The van der Waals surface area contributed by atoms with E-state index in [-0.39, 0.29) is 42.2 Å². The van der Waals surface area contributed by atoms with Gasteiger partial charge in [0.15, 0.2) is 11.6 Å². The molecule has 3 atom stereocenters. The first-order valence-corrected chi connectivity index (χ1v) is 10.4. The Labute approximate surface area is 178 Å². The van der Waals surface area contributed by atoms with Gasteiger partial charge in [-0.05, 0) is 36.6 Å². The lowest BCUT2D eigenvalue weighted by atomic mass is 10.0. The Morgan fingerprint density at radius 2 is 1.74 bits per heavy atom. The van der Waals surface area contributed by atoms with E-state index in [1.54, 1.807) is 21.9 Å². The summed E-state index contributed by atoms with van der Waals surface area (Å²) >= 11 is 0. The number of halogens is 3. The van der Waals surface area contributed by atoms with E-state index in [2.05, 4.69) is 0 Å². The lowest BCUT2D eigenvalue weighted by Crippen LogP contribution is -2.43. The Morgan fingerprint density at radius 1 is 1.03 bits per heavy atom. The van der Waals surface area contributed by atoms with E-state index < -0.39 is 23.5 Å². The van der Waals surface area contributed by atoms with E-state index in [0.717, 1.165) is 12.5 Å². The van der Waals surface area contributed by atoms with Gasteiger partial charge in [0.25, 0.3) is 5.91 Å². The van der Waals surface area contributed by atoms with Crippen LogP contribution in [0.3, 0.4) is 0 Å². The van der Waals surface area contributed by atoms with Gasteiger partial charge in [0.1, 0.15) is 5.82 Å². The van der Waals surface area contributed by atoms with Crippen LogP contribution in [-0.2, 0) is 11.2 Å². The minimum absolute atomic E-state index is 0.0334. The first kappa shape index (κ1) is 21.4. The second-order valence-electron chi connectivity index (χ2n) is 8.31. The number of hydrogen-bond donors (Lipinski definition) is 1. The predicted molar refractivity (Wildman–Crippen MR) is 109 cm³/mol. The van der Waals surface area contributed by atoms with Crippen molar-refractivity contribution in [2.45, 2.75) is 31.3 Å². The number of nitrogens with two attached hydrogens (primary N) is 1. The molecule has 2 N–H and O–H groups in total. The Morgan fingerprint density at radius 3 is 2.48 bits per heavy atom. The largest absolute Gasteiger partial charge is 0.338 e. The van der Waals surface area contributed by atoms with E-state index in [1.807, 2.05) is 18.2 Å². The van der Waals surface area contributed by atoms with Crippen LogP contribution in [0.4, 0.5) is 13.2 Å². The van der Waals surface area contributed by atoms with Gasteiger partial charge in [0.05, 0.1) is 6.04 Å². The maximum atomic E-state index is 13.9. The summed E-state index contributed by atoms with van der Waals surface area (Å²) in [7, 11) is 0. The summed E-state index contributed by atoms with van der Waals surface area (Å²) in [4.78, 5) is 29.1. The van der Waals surface area contributed by atoms with E-state index in [1.165, 1.54) is 0 Å². The number of rotatable bonds is 5. The van der Waals surface area contributed by atoms with Crippen LogP contribution in [-0.4, -0.2) is 53.3 Å². The lowest BCUT2D eigenvalue weighted by molar-refractivity contribution is -0.132. The average molecular weight is 431 g/mol. The number of benzene rings is 2. The maximum absolute atomic E-state index is 13.9. The van der Waals surface area contributed by atoms with Crippen LogP contribution in [0.2, 0.25) is 0 Å². The molecule has 0 saturated carbocycles. The smallest absolute Gasteiger partial charge is 0.253 e. The second kappa shape index (κ2) is 8.70. The zero-order valence-electron chi connectivity index (χ0n) is 16.9. The minimum Gasteiger partial charge on any atom is -0.338 e. The van der Waals surface area contributed by atoms with Gasteiger partial charge in [-0.15, -0.1) is 0 Å². The molecule has 31 heavy (non-hydrogen) atoms. The van der Waals surface area contributed by atoms with Crippen molar-refractivity contribution in [3.05, 3.63) is 71.0 Å². The second-order valence-corrected chi connectivity index (χ2v) is 8.31. The van der Waals surface area contributed by atoms with Gasteiger partial charge in [-0.25, -0.2) is 13.2 Å². The molecule has 2 aromatic rings. The van der Waals surface area contributed by atoms with Crippen molar-refractivity contribution in [2.75, 3.05) is 19.6 Å². The summed E-state index contributed by atoms with van der Waals surface area (Å²) in [5.74, 6) is -3.29. The van der Waals surface area contributed by atoms with Gasteiger partial charge in [-0.2, -0.15) is 0 Å². The van der Waals surface area contributed by atoms with Crippen LogP contribution < -0.4 is 5.73 Å². The van der Waals surface area contributed by atoms with E-state index >= 15 is 0 Å². The summed E-state index contributed by atoms with van der Waals surface area (Å²) in [6.07, 6.45) is 0.700. The third kappa shape index (κ3) is 4.44. The normalized spacial score (nSPS) is 21.3.